The summed E-state index contributed by atoms with van der Waals surface area (Å²) in [6, 6.07) is 4.78. The second kappa shape index (κ2) is 7.29. The zero-order valence-corrected chi connectivity index (χ0v) is 11.2. The van der Waals surface area contributed by atoms with Gasteiger partial charge in [-0.05, 0) is 40.5 Å². The molecule has 0 heterocycles. The van der Waals surface area contributed by atoms with Crippen molar-refractivity contribution < 1.29 is 19.4 Å². The van der Waals surface area contributed by atoms with Gasteiger partial charge in [0.25, 0.3) is 0 Å². The molecule has 0 amide bonds. The van der Waals surface area contributed by atoms with Crippen LogP contribution in [0.25, 0.3) is 0 Å². The van der Waals surface area contributed by atoms with Crippen LogP contribution in [0.2, 0.25) is 0 Å². The van der Waals surface area contributed by atoms with Crippen LogP contribution in [0.3, 0.4) is 0 Å². The Labute approximate surface area is 109 Å². The van der Waals surface area contributed by atoms with Crippen molar-refractivity contribution in [3.05, 3.63) is 28.2 Å². The maximum absolute atomic E-state index is 10.8. The molecule has 0 atom stereocenters. The van der Waals surface area contributed by atoms with Gasteiger partial charge in [0.15, 0.2) is 0 Å². The normalized spacial score (nSPS) is 10.2. The molecule has 0 radical (unpaired) electrons. The van der Waals surface area contributed by atoms with Gasteiger partial charge in [-0.1, -0.05) is 6.92 Å². The molecule has 0 unspecified atom stereocenters. The first-order chi connectivity index (χ1) is 8.15. The average Bonchev–Trinajstić information content (AvgIpc) is 2.28. The van der Waals surface area contributed by atoms with E-state index >= 15 is 0 Å². The summed E-state index contributed by atoms with van der Waals surface area (Å²) in [5, 5.41) is 8.84. The van der Waals surface area contributed by atoms with Crippen molar-refractivity contribution in [3.8, 4) is 5.75 Å². The summed E-state index contributed by atoms with van der Waals surface area (Å²) in [5.74, 6) is -0.336. The first kappa shape index (κ1) is 14.0. The highest BCUT2D eigenvalue weighted by atomic mass is 79.9. The first-order valence-electron chi connectivity index (χ1n) is 5.38. The van der Waals surface area contributed by atoms with Crippen molar-refractivity contribution in [2.24, 2.45) is 0 Å². The van der Waals surface area contributed by atoms with Crippen molar-refractivity contribution in [3.63, 3.8) is 0 Å². The fourth-order valence-corrected chi connectivity index (χ4v) is 1.75. The second-order valence-corrected chi connectivity index (χ2v) is 4.26. The van der Waals surface area contributed by atoms with E-state index in [-0.39, 0.29) is 5.56 Å². The predicted octanol–water partition coefficient (Wildman–Crippen LogP) is 2.95. The molecular weight excluding hydrogens is 288 g/mol. The van der Waals surface area contributed by atoms with Crippen molar-refractivity contribution in [1.82, 2.24) is 0 Å². The molecule has 1 aromatic carbocycles. The molecule has 0 saturated heterocycles. The highest BCUT2D eigenvalue weighted by Gasteiger charge is 2.08. The highest BCUT2D eigenvalue weighted by molar-refractivity contribution is 9.10. The van der Waals surface area contributed by atoms with Crippen LogP contribution in [-0.2, 0) is 4.74 Å². The molecule has 17 heavy (non-hydrogen) atoms. The maximum atomic E-state index is 10.8. The summed E-state index contributed by atoms with van der Waals surface area (Å²) in [6.45, 7) is 3.76. The molecule has 0 saturated carbocycles. The first-order valence-corrected chi connectivity index (χ1v) is 6.18. The highest BCUT2D eigenvalue weighted by Crippen LogP contribution is 2.23. The summed E-state index contributed by atoms with van der Waals surface area (Å²) < 4.78 is 11.2. The number of carboxylic acid groups (broad SMARTS) is 1. The van der Waals surface area contributed by atoms with Gasteiger partial charge in [-0.15, -0.1) is 0 Å². The quantitative estimate of drug-likeness (QED) is 0.787. The lowest BCUT2D eigenvalue weighted by molar-refractivity contribution is 0.0695. The van der Waals surface area contributed by atoms with Gasteiger partial charge in [0.2, 0.25) is 0 Å². The zero-order chi connectivity index (χ0) is 12.7. The number of carboxylic acids is 1. The number of benzene rings is 1. The van der Waals surface area contributed by atoms with Crippen molar-refractivity contribution in [2.45, 2.75) is 13.3 Å². The van der Waals surface area contributed by atoms with E-state index in [1.165, 1.54) is 6.07 Å². The van der Waals surface area contributed by atoms with E-state index < -0.39 is 5.97 Å². The molecule has 0 aliphatic carbocycles. The number of aromatic carboxylic acids is 1. The van der Waals surface area contributed by atoms with E-state index in [1.54, 1.807) is 12.1 Å². The van der Waals surface area contributed by atoms with Gasteiger partial charge in [-0.25, -0.2) is 4.79 Å². The Balaban J connectivity index is 2.45. The summed E-state index contributed by atoms with van der Waals surface area (Å²) in [4.78, 5) is 10.8. The minimum Gasteiger partial charge on any atom is -0.491 e. The standard InChI is InChI=1S/C12H15BrO4/c1-2-5-16-6-7-17-9-3-4-10(12(14)15)11(13)8-9/h3-4,8H,2,5-7H2,1H3,(H,14,15). The lowest BCUT2D eigenvalue weighted by Crippen LogP contribution is -2.07. The Hall–Kier alpha value is -1.07. The van der Waals surface area contributed by atoms with E-state index in [9.17, 15) is 4.79 Å². The van der Waals surface area contributed by atoms with Gasteiger partial charge < -0.3 is 14.6 Å². The van der Waals surface area contributed by atoms with E-state index in [1.807, 2.05) is 6.92 Å². The third-order valence-electron chi connectivity index (χ3n) is 2.02. The van der Waals surface area contributed by atoms with Crippen molar-refractivity contribution in [2.75, 3.05) is 19.8 Å². The van der Waals surface area contributed by atoms with E-state index in [0.717, 1.165) is 13.0 Å². The lowest BCUT2D eigenvalue weighted by atomic mass is 10.2. The van der Waals surface area contributed by atoms with Crippen molar-refractivity contribution >= 4 is 21.9 Å². The minimum absolute atomic E-state index is 0.222. The largest absolute Gasteiger partial charge is 0.491 e. The molecule has 0 aliphatic heterocycles. The van der Waals surface area contributed by atoms with Crippen LogP contribution in [0.4, 0.5) is 0 Å². The van der Waals surface area contributed by atoms with E-state index in [4.69, 9.17) is 14.6 Å². The molecule has 1 aromatic rings. The molecule has 0 aliphatic rings. The predicted molar refractivity (Wildman–Crippen MR) is 67.7 cm³/mol. The molecule has 1 rings (SSSR count). The molecule has 5 heteroatoms. The van der Waals surface area contributed by atoms with Gasteiger partial charge in [-0.3, -0.25) is 0 Å². The van der Waals surface area contributed by atoms with Crippen LogP contribution >= 0.6 is 15.9 Å². The van der Waals surface area contributed by atoms with Gasteiger partial charge >= 0.3 is 5.97 Å². The smallest absolute Gasteiger partial charge is 0.336 e. The Morgan fingerprint density at radius 1 is 1.35 bits per heavy atom. The molecule has 0 bridgehead atoms. The van der Waals surface area contributed by atoms with Gasteiger partial charge in [-0.2, -0.15) is 0 Å². The molecule has 1 N–H and O–H groups in total. The minimum atomic E-state index is -0.963. The fourth-order valence-electron chi connectivity index (χ4n) is 1.22. The van der Waals surface area contributed by atoms with Crippen LogP contribution in [-0.4, -0.2) is 30.9 Å². The van der Waals surface area contributed by atoms with Crippen LogP contribution < -0.4 is 4.74 Å². The Morgan fingerprint density at radius 2 is 2.12 bits per heavy atom. The summed E-state index contributed by atoms with van der Waals surface area (Å²) in [6.07, 6.45) is 0.985. The topological polar surface area (TPSA) is 55.8 Å². The summed E-state index contributed by atoms with van der Waals surface area (Å²) in [5.41, 5.74) is 0.222. The summed E-state index contributed by atoms with van der Waals surface area (Å²) >= 11 is 3.19. The monoisotopic (exact) mass is 302 g/mol. The van der Waals surface area contributed by atoms with Crippen LogP contribution in [0.15, 0.2) is 22.7 Å². The molecular formula is C12H15BrO4. The Kier molecular flexibility index (Phi) is 6.00. The van der Waals surface area contributed by atoms with Gasteiger partial charge in [0.05, 0.1) is 12.2 Å². The maximum Gasteiger partial charge on any atom is 0.336 e. The van der Waals surface area contributed by atoms with Crippen LogP contribution in [0.1, 0.15) is 23.7 Å². The average molecular weight is 303 g/mol. The SMILES string of the molecule is CCCOCCOc1ccc(C(=O)O)c(Br)c1. The van der Waals surface area contributed by atoms with E-state index in [0.29, 0.717) is 23.4 Å². The number of carbonyl (C=O) groups is 1. The zero-order valence-electron chi connectivity index (χ0n) is 9.61. The number of rotatable bonds is 7. The Bertz CT molecular complexity index is 379. The molecule has 0 fully saturated rings. The van der Waals surface area contributed by atoms with Crippen molar-refractivity contribution in [1.29, 1.82) is 0 Å². The molecule has 0 aromatic heterocycles. The number of halogens is 1. The number of hydrogen-bond acceptors (Lipinski definition) is 3. The molecule has 4 nitrogen and oxygen atoms in total. The summed E-state index contributed by atoms with van der Waals surface area (Å²) in [7, 11) is 0. The third-order valence-corrected chi connectivity index (χ3v) is 2.67. The van der Waals surface area contributed by atoms with E-state index in [2.05, 4.69) is 15.9 Å². The van der Waals surface area contributed by atoms with Gasteiger partial charge in [0.1, 0.15) is 12.4 Å². The lowest BCUT2D eigenvalue weighted by Gasteiger charge is -2.08. The van der Waals surface area contributed by atoms with Crippen LogP contribution in [0, 0.1) is 0 Å². The third kappa shape index (κ3) is 4.75. The Morgan fingerprint density at radius 3 is 2.71 bits per heavy atom. The molecule has 94 valence electrons. The number of hydrogen-bond donors (Lipinski definition) is 1. The molecule has 0 spiro atoms. The second-order valence-electron chi connectivity index (χ2n) is 3.41. The fraction of sp³-hybridized carbons (Fsp3) is 0.417. The van der Waals surface area contributed by atoms with Gasteiger partial charge in [0, 0.05) is 11.1 Å². The number of ether oxygens (including phenoxy) is 2. The van der Waals surface area contributed by atoms with Crippen LogP contribution in [0.5, 0.6) is 5.75 Å².